The van der Waals surface area contributed by atoms with E-state index in [2.05, 4.69) is 4.90 Å². The van der Waals surface area contributed by atoms with E-state index in [1.807, 2.05) is 85.7 Å². The number of halogens is 1. The molecular formula is C22H22ClN3OS. The molecule has 144 valence electrons. The second-order valence-electron chi connectivity index (χ2n) is 6.75. The van der Waals surface area contributed by atoms with Gasteiger partial charge < -0.3 is 4.90 Å². The molecule has 0 unspecified atom stereocenters. The van der Waals surface area contributed by atoms with E-state index in [0.717, 1.165) is 32.7 Å². The van der Waals surface area contributed by atoms with Crippen LogP contribution in [0.2, 0.25) is 0 Å². The summed E-state index contributed by atoms with van der Waals surface area (Å²) in [5.41, 5.74) is 1.64. The third-order valence-electron chi connectivity index (χ3n) is 4.55. The standard InChI is InChI=1S/C22H21N3OS.ClH/c1-24(2)14-15-25(22-23-19-12-5-6-13-20(19)27-22)21(26)18-11-7-9-16-8-3-4-10-17(16)18;/h3-13H,14-15H2,1-2H3;1H. The van der Waals surface area contributed by atoms with Gasteiger partial charge in [-0.25, -0.2) is 4.98 Å². The summed E-state index contributed by atoms with van der Waals surface area (Å²) in [7, 11) is 4.03. The predicted octanol–water partition coefficient (Wildman–Crippen LogP) is 5.08. The van der Waals surface area contributed by atoms with Gasteiger partial charge in [-0.05, 0) is 43.1 Å². The molecule has 0 radical (unpaired) electrons. The lowest BCUT2D eigenvalue weighted by Gasteiger charge is -2.22. The normalized spacial score (nSPS) is 11.0. The molecule has 6 heteroatoms. The Morgan fingerprint density at radius 3 is 2.43 bits per heavy atom. The highest BCUT2D eigenvalue weighted by molar-refractivity contribution is 7.22. The van der Waals surface area contributed by atoms with Crippen molar-refractivity contribution in [3.8, 4) is 0 Å². The van der Waals surface area contributed by atoms with Crippen LogP contribution in [0.4, 0.5) is 5.13 Å². The lowest BCUT2D eigenvalue weighted by atomic mass is 10.0. The number of para-hydroxylation sites is 1. The Morgan fingerprint density at radius 2 is 1.64 bits per heavy atom. The van der Waals surface area contributed by atoms with Gasteiger partial charge in [-0.2, -0.15) is 0 Å². The van der Waals surface area contributed by atoms with Gasteiger partial charge in [0.2, 0.25) is 0 Å². The molecule has 0 fully saturated rings. The molecule has 0 atom stereocenters. The third-order valence-corrected chi connectivity index (χ3v) is 5.61. The van der Waals surface area contributed by atoms with E-state index >= 15 is 0 Å². The van der Waals surface area contributed by atoms with Gasteiger partial charge in [-0.15, -0.1) is 12.4 Å². The molecule has 0 aliphatic rings. The number of hydrogen-bond donors (Lipinski definition) is 0. The first-order valence-electron chi connectivity index (χ1n) is 8.93. The van der Waals surface area contributed by atoms with Crippen LogP contribution in [0.25, 0.3) is 21.0 Å². The molecule has 0 saturated heterocycles. The predicted molar refractivity (Wildman–Crippen MR) is 121 cm³/mol. The molecule has 3 aromatic carbocycles. The summed E-state index contributed by atoms with van der Waals surface area (Å²) in [5, 5.41) is 2.79. The number of aromatic nitrogens is 1. The number of benzene rings is 3. The van der Waals surface area contributed by atoms with E-state index in [9.17, 15) is 4.79 Å². The Balaban J connectivity index is 0.00000225. The van der Waals surface area contributed by atoms with Crippen LogP contribution in [-0.4, -0.2) is 43.0 Å². The number of amides is 1. The number of carbonyl (C=O) groups excluding carboxylic acids is 1. The summed E-state index contributed by atoms with van der Waals surface area (Å²) < 4.78 is 1.09. The number of nitrogens with zero attached hydrogens (tertiary/aromatic N) is 3. The summed E-state index contributed by atoms with van der Waals surface area (Å²) in [6.07, 6.45) is 0. The average Bonchev–Trinajstić information content (AvgIpc) is 3.11. The third kappa shape index (κ3) is 4.02. The highest BCUT2D eigenvalue weighted by atomic mass is 35.5. The zero-order chi connectivity index (χ0) is 18.8. The number of fused-ring (bicyclic) bond motifs is 2. The Labute approximate surface area is 174 Å². The summed E-state index contributed by atoms with van der Waals surface area (Å²) in [6, 6.07) is 21.9. The van der Waals surface area contributed by atoms with Gasteiger partial charge in [-0.1, -0.05) is 59.9 Å². The zero-order valence-electron chi connectivity index (χ0n) is 15.8. The van der Waals surface area contributed by atoms with Gasteiger partial charge in [0.05, 0.1) is 10.2 Å². The number of hydrogen-bond acceptors (Lipinski definition) is 4. The van der Waals surface area contributed by atoms with Crippen LogP contribution >= 0.6 is 23.7 Å². The van der Waals surface area contributed by atoms with Gasteiger partial charge in [-0.3, -0.25) is 9.69 Å². The minimum absolute atomic E-state index is 0. The lowest BCUT2D eigenvalue weighted by Crippen LogP contribution is -2.36. The minimum atomic E-state index is -0.00675. The minimum Gasteiger partial charge on any atom is -0.308 e. The van der Waals surface area contributed by atoms with Crippen LogP contribution in [0, 0.1) is 0 Å². The van der Waals surface area contributed by atoms with Crippen molar-refractivity contribution in [3.05, 3.63) is 72.3 Å². The van der Waals surface area contributed by atoms with Crippen molar-refractivity contribution in [1.29, 1.82) is 0 Å². The highest BCUT2D eigenvalue weighted by Crippen LogP contribution is 2.30. The summed E-state index contributed by atoms with van der Waals surface area (Å²) >= 11 is 1.56. The molecule has 0 saturated carbocycles. The highest BCUT2D eigenvalue weighted by Gasteiger charge is 2.22. The molecule has 1 heterocycles. The van der Waals surface area contributed by atoms with Crippen LogP contribution in [0.15, 0.2) is 66.7 Å². The quantitative estimate of drug-likeness (QED) is 0.459. The van der Waals surface area contributed by atoms with Crippen LogP contribution in [0.3, 0.4) is 0 Å². The number of rotatable bonds is 5. The first kappa shape index (κ1) is 20.3. The van der Waals surface area contributed by atoms with Crippen LogP contribution in [0.1, 0.15) is 10.4 Å². The number of thiazole rings is 1. The van der Waals surface area contributed by atoms with Crippen LogP contribution < -0.4 is 4.90 Å². The fraction of sp³-hybridized carbons (Fsp3) is 0.182. The molecule has 28 heavy (non-hydrogen) atoms. The Bertz CT molecular complexity index is 1070. The fourth-order valence-corrected chi connectivity index (χ4v) is 4.11. The number of likely N-dealkylation sites (N-methyl/N-ethyl adjacent to an activating group) is 1. The molecule has 4 nitrogen and oxygen atoms in total. The maximum absolute atomic E-state index is 13.5. The van der Waals surface area contributed by atoms with Crippen LogP contribution in [0.5, 0.6) is 0 Å². The number of carbonyl (C=O) groups is 1. The fourth-order valence-electron chi connectivity index (χ4n) is 3.12. The Hall–Kier alpha value is -2.47. The molecule has 1 amide bonds. The van der Waals surface area contributed by atoms with E-state index in [0.29, 0.717) is 12.1 Å². The number of anilines is 1. The van der Waals surface area contributed by atoms with Crippen molar-refractivity contribution in [2.24, 2.45) is 0 Å². The van der Waals surface area contributed by atoms with E-state index in [1.165, 1.54) is 0 Å². The van der Waals surface area contributed by atoms with Crippen molar-refractivity contribution in [3.63, 3.8) is 0 Å². The van der Waals surface area contributed by atoms with Crippen molar-refractivity contribution in [1.82, 2.24) is 9.88 Å². The van der Waals surface area contributed by atoms with E-state index in [-0.39, 0.29) is 18.3 Å². The molecule has 0 bridgehead atoms. The zero-order valence-corrected chi connectivity index (χ0v) is 17.5. The molecule has 0 aliphatic heterocycles. The second kappa shape index (κ2) is 8.69. The second-order valence-corrected chi connectivity index (χ2v) is 7.76. The molecule has 0 aliphatic carbocycles. The van der Waals surface area contributed by atoms with Gasteiger partial charge in [0.25, 0.3) is 5.91 Å². The first-order valence-corrected chi connectivity index (χ1v) is 9.75. The molecule has 0 spiro atoms. The SMILES string of the molecule is CN(C)CCN(C(=O)c1cccc2ccccc12)c1nc2ccccc2s1.Cl. The topological polar surface area (TPSA) is 36.4 Å². The van der Waals surface area contributed by atoms with Crippen molar-refractivity contribution in [2.45, 2.75) is 0 Å². The average molecular weight is 412 g/mol. The van der Waals surface area contributed by atoms with Crippen molar-refractivity contribution < 1.29 is 4.79 Å². The summed E-state index contributed by atoms with van der Waals surface area (Å²) in [4.78, 5) is 22.1. The Kier molecular flexibility index (Phi) is 6.29. The van der Waals surface area contributed by atoms with Gasteiger partial charge in [0.1, 0.15) is 0 Å². The molecular weight excluding hydrogens is 390 g/mol. The summed E-state index contributed by atoms with van der Waals surface area (Å²) in [5.74, 6) is -0.00675. The smallest absolute Gasteiger partial charge is 0.260 e. The van der Waals surface area contributed by atoms with Gasteiger partial charge >= 0.3 is 0 Å². The maximum atomic E-state index is 13.5. The Morgan fingerprint density at radius 1 is 0.929 bits per heavy atom. The van der Waals surface area contributed by atoms with Crippen molar-refractivity contribution >= 4 is 55.8 Å². The van der Waals surface area contributed by atoms with E-state index < -0.39 is 0 Å². The maximum Gasteiger partial charge on any atom is 0.260 e. The molecule has 4 aromatic rings. The first-order chi connectivity index (χ1) is 13.1. The monoisotopic (exact) mass is 411 g/mol. The van der Waals surface area contributed by atoms with Gasteiger partial charge in [0.15, 0.2) is 5.13 Å². The molecule has 0 N–H and O–H groups in total. The summed E-state index contributed by atoms with van der Waals surface area (Å²) in [6.45, 7) is 1.36. The molecule has 1 aromatic heterocycles. The van der Waals surface area contributed by atoms with E-state index in [1.54, 1.807) is 11.3 Å². The lowest BCUT2D eigenvalue weighted by molar-refractivity contribution is 0.0987. The van der Waals surface area contributed by atoms with Crippen LogP contribution in [-0.2, 0) is 0 Å². The largest absolute Gasteiger partial charge is 0.308 e. The molecule has 4 rings (SSSR count). The van der Waals surface area contributed by atoms with E-state index in [4.69, 9.17) is 4.98 Å². The van der Waals surface area contributed by atoms with Gasteiger partial charge in [0, 0.05) is 18.7 Å². The van der Waals surface area contributed by atoms with Crippen molar-refractivity contribution in [2.75, 3.05) is 32.1 Å².